The van der Waals surface area contributed by atoms with Gasteiger partial charge in [0.1, 0.15) is 0 Å². The minimum Gasteiger partial charge on any atom is -0.476 e. The fourth-order valence-corrected chi connectivity index (χ4v) is 6.17. The van der Waals surface area contributed by atoms with Crippen LogP contribution in [0.3, 0.4) is 0 Å². The minimum absolute atomic E-state index is 0.0132. The van der Waals surface area contributed by atoms with Crippen molar-refractivity contribution in [3.05, 3.63) is 45.7 Å². The number of urea groups is 1. The Bertz CT molecular complexity index is 1190. The summed E-state index contributed by atoms with van der Waals surface area (Å²) in [6, 6.07) is 7.23. The molecule has 0 saturated heterocycles. The number of benzene rings is 1. The second kappa shape index (κ2) is 9.59. The highest BCUT2D eigenvalue weighted by Crippen LogP contribution is 2.46. The first-order valence-corrected chi connectivity index (χ1v) is 12.5. The van der Waals surface area contributed by atoms with E-state index in [0.717, 1.165) is 28.7 Å². The van der Waals surface area contributed by atoms with Crippen LogP contribution in [-0.4, -0.2) is 57.0 Å². The summed E-state index contributed by atoms with van der Waals surface area (Å²) in [7, 11) is 0. The van der Waals surface area contributed by atoms with Crippen LogP contribution in [0.5, 0.6) is 0 Å². The lowest BCUT2D eigenvalue weighted by Gasteiger charge is -2.46. The van der Waals surface area contributed by atoms with Gasteiger partial charge in [0, 0.05) is 29.0 Å². The smallest absolute Gasteiger partial charge is 0.356 e. The Balaban J connectivity index is 1.53. The van der Waals surface area contributed by atoms with E-state index in [0.29, 0.717) is 31.5 Å². The van der Waals surface area contributed by atoms with Crippen LogP contribution in [0.2, 0.25) is 0 Å². The van der Waals surface area contributed by atoms with E-state index >= 15 is 0 Å². The normalized spacial score (nSPS) is 23.2. The third-order valence-corrected chi connectivity index (χ3v) is 7.44. The number of carbonyl (C=O) groups excluding carboxylic acids is 2. The molecule has 1 aromatic heterocycles. The summed E-state index contributed by atoms with van der Waals surface area (Å²) < 4.78 is 2.59. The number of aliphatic imine (C=N–C) groups is 1. The standard InChI is InChI=1S/C25H30BrN5O4/c1-24(2)10-17(11-25(3,13-24)14-27-15-32)28-23(35)30-9-8-20-19(12-30)21(22(33)34)29-31(20)18-6-4-16(26)5-7-18/h4-7,17H,8-14H2,1-3H3,(H,28,35)(H,33,34). The van der Waals surface area contributed by atoms with Crippen LogP contribution in [0, 0.1) is 10.8 Å². The molecular formula is C25H30BrN5O4. The van der Waals surface area contributed by atoms with Crippen LogP contribution in [-0.2, 0) is 17.8 Å². The van der Waals surface area contributed by atoms with Gasteiger partial charge in [0.25, 0.3) is 0 Å². The molecular weight excluding hydrogens is 514 g/mol. The third-order valence-electron chi connectivity index (χ3n) is 6.91. The van der Waals surface area contributed by atoms with Crippen molar-refractivity contribution in [1.29, 1.82) is 0 Å². The molecule has 9 nitrogen and oxygen atoms in total. The van der Waals surface area contributed by atoms with Crippen molar-refractivity contribution in [3.63, 3.8) is 0 Å². The molecule has 1 aromatic carbocycles. The molecule has 1 aliphatic carbocycles. The van der Waals surface area contributed by atoms with Gasteiger partial charge < -0.3 is 15.3 Å². The fraction of sp³-hybridized carbons (Fsp3) is 0.520. The number of carbonyl (C=O) groups is 2. The molecule has 2 unspecified atom stereocenters. The number of hydrogen-bond acceptors (Lipinski definition) is 5. The summed E-state index contributed by atoms with van der Waals surface area (Å²) in [5.41, 5.74) is 1.91. The van der Waals surface area contributed by atoms with Gasteiger partial charge >= 0.3 is 12.0 Å². The van der Waals surface area contributed by atoms with Gasteiger partial charge in [-0.2, -0.15) is 5.10 Å². The lowest BCUT2D eigenvalue weighted by molar-refractivity contribution is 0.0684. The van der Waals surface area contributed by atoms with Crippen molar-refractivity contribution < 1.29 is 19.5 Å². The van der Waals surface area contributed by atoms with Crippen molar-refractivity contribution in [2.45, 2.75) is 59.0 Å². The number of aromatic carboxylic acids is 1. The molecule has 2 atom stereocenters. The zero-order valence-corrected chi connectivity index (χ0v) is 21.8. The van der Waals surface area contributed by atoms with E-state index in [1.165, 1.54) is 0 Å². The van der Waals surface area contributed by atoms with Gasteiger partial charge in [0.05, 0.1) is 24.5 Å². The molecule has 10 heteroatoms. The maximum Gasteiger partial charge on any atom is 0.356 e. The summed E-state index contributed by atoms with van der Waals surface area (Å²) in [6.45, 7) is 7.45. The summed E-state index contributed by atoms with van der Waals surface area (Å²) in [6.07, 6.45) is 4.58. The molecule has 4 rings (SSSR count). The van der Waals surface area contributed by atoms with Crippen molar-refractivity contribution >= 4 is 34.0 Å². The van der Waals surface area contributed by atoms with E-state index < -0.39 is 5.97 Å². The number of hydrogen-bond donors (Lipinski definition) is 2. The highest BCUT2D eigenvalue weighted by molar-refractivity contribution is 9.10. The van der Waals surface area contributed by atoms with Crippen LogP contribution < -0.4 is 5.32 Å². The van der Waals surface area contributed by atoms with Gasteiger partial charge in [0.15, 0.2) is 5.69 Å². The number of halogens is 1. The number of fused-ring (bicyclic) bond motifs is 1. The minimum atomic E-state index is -1.11. The first-order chi connectivity index (χ1) is 16.5. The summed E-state index contributed by atoms with van der Waals surface area (Å²) in [4.78, 5) is 41.4. The fourth-order valence-electron chi connectivity index (χ4n) is 5.91. The van der Waals surface area contributed by atoms with Gasteiger partial charge in [-0.1, -0.05) is 36.7 Å². The number of carboxylic acid groups (broad SMARTS) is 1. The summed E-state index contributed by atoms with van der Waals surface area (Å²) in [5.74, 6) is -1.11. The number of amides is 2. The molecule has 1 aliphatic heterocycles. The Morgan fingerprint density at radius 2 is 1.97 bits per heavy atom. The molecule has 2 heterocycles. The largest absolute Gasteiger partial charge is 0.476 e. The molecule has 35 heavy (non-hydrogen) atoms. The van der Waals surface area contributed by atoms with E-state index in [1.807, 2.05) is 24.3 Å². The maximum absolute atomic E-state index is 13.3. The van der Waals surface area contributed by atoms with Crippen LogP contribution in [0.25, 0.3) is 5.69 Å². The van der Waals surface area contributed by atoms with Gasteiger partial charge in [-0.25, -0.2) is 24.1 Å². The van der Waals surface area contributed by atoms with Crippen LogP contribution >= 0.6 is 15.9 Å². The molecule has 1 fully saturated rings. The molecule has 2 N–H and O–H groups in total. The molecule has 0 bridgehead atoms. The molecule has 0 radical (unpaired) electrons. The van der Waals surface area contributed by atoms with Gasteiger partial charge in [-0.15, -0.1) is 0 Å². The van der Waals surface area contributed by atoms with E-state index in [-0.39, 0.29) is 35.1 Å². The first kappa shape index (κ1) is 25.1. The van der Waals surface area contributed by atoms with Crippen molar-refractivity contribution in [2.24, 2.45) is 15.8 Å². The monoisotopic (exact) mass is 543 g/mol. The van der Waals surface area contributed by atoms with E-state index in [4.69, 9.17) is 0 Å². The molecule has 2 aromatic rings. The Morgan fingerprint density at radius 1 is 1.26 bits per heavy atom. The number of isocyanates is 1. The average Bonchev–Trinajstić information content (AvgIpc) is 3.16. The predicted octanol–water partition coefficient (Wildman–Crippen LogP) is 4.32. The van der Waals surface area contributed by atoms with Gasteiger partial charge in [-0.3, -0.25) is 0 Å². The number of rotatable bonds is 5. The molecule has 0 spiro atoms. The van der Waals surface area contributed by atoms with Crippen LogP contribution in [0.4, 0.5) is 4.79 Å². The van der Waals surface area contributed by atoms with E-state index in [1.54, 1.807) is 15.7 Å². The lowest BCUT2D eigenvalue weighted by atomic mass is 9.62. The molecule has 2 amide bonds. The highest BCUT2D eigenvalue weighted by Gasteiger charge is 2.42. The maximum atomic E-state index is 13.3. The number of nitrogens with zero attached hydrogens (tertiary/aromatic N) is 4. The Hall–Kier alpha value is -2.97. The number of carboxylic acids is 1. The number of aromatic nitrogens is 2. The Labute approximate surface area is 212 Å². The molecule has 186 valence electrons. The van der Waals surface area contributed by atoms with Crippen molar-refractivity contribution in [3.8, 4) is 5.69 Å². The second-order valence-corrected chi connectivity index (χ2v) is 11.7. The van der Waals surface area contributed by atoms with Crippen LogP contribution in [0.15, 0.2) is 33.7 Å². The van der Waals surface area contributed by atoms with Crippen LogP contribution in [0.1, 0.15) is 61.8 Å². The highest BCUT2D eigenvalue weighted by atomic mass is 79.9. The molecule has 1 saturated carbocycles. The topological polar surface area (TPSA) is 117 Å². The molecule has 2 aliphatic rings. The third kappa shape index (κ3) is 5.49. The average molecular weight is 544 g/mol. The van der Waals surface area contributed by atoms with Crippen molar-refractivity contribution in [1.82, 2.24) is 20.0 Å². The van der Waals surface area contributed by atoms with Crippen molar-refractivity contribution in [2.75, 3.05) is 13.1 Å². The zero-order valence-electron chi connectivity index (χ0n) is 20.2. The van der Waals surface area contributed by atoms with Gasteiger partial charge in [0.2, 0.25) is 6.08 Å². The number of nitrogens with one attached hydrogen (secondary N) is 1. The quantitative estimate of drug-likeness (QED) is 0.430. The SMILES string of the molecule is CC1(C)CC(NC(=O)N2CCc3c(c(C(=O)O)nn3-c3ccc(Br)cc3)C2)CC(C)(CN=C=O)C1. The summed E-state index contributed by atoms with van der Waals surface area (Å²) >= 11 is 3.41. The Kier molecular flexibility index (Phi) is 6.88. The zero-order chi connectivity index (χ0) is 25.4. The van der Waals surface area contributed by atoms with Gasteiger partial charge in [-0.05, 0) is 54.4 Å². The lowest BCUT2D eigenvalue weighted by Crippen LogP contribution is -2.52. The summed E-state index contributed by atoms with van der Waals surface area (Å²) in [5, 5.41) is 17.3. The Morgan fingerprint density at radius 3 is 2.63 bits per heavy atom. The second-order valence-electron chi connectivity index (χ2n) is 10.8. The van der Waals surface area contributed by atoms with E-state index in [9.17, 15) is 19.5 Å². The predicted molar refractivity (Wildman–Crippen MR) is 133 cm³/mol. The van der Waals surface area contributed by atoms with E-state index in [2.05, 4.69) is 52.1 Å². The first-order valence-electron chi connectivity index (χ1n) is 11.7.